The van der Waals surface area contributed by atoms with Gasteiger partial charge >= 0.3 is 0 Å². The molecule has 0 aromatic carbocycles. The van der Waals surface area contributed by atoms with Crippen LogP contribution in [-0.2, 0) is 0 Å². The molecule has 2 heterocycles. The van der Waals surface area contributed by atoms with E-state index >= 15 is 0 Å². The molecule has 0 atom stereocenters. The number of thioether (sulfide) groups is 2. The largest absolute Gasteiger partial charge is 0.362 e. The Kier molecular flexibility index (Phi) is 3.88. The van der Waals surface area contributed by atoms with Gasteiger partial charge in [-0.3, -0.25) is 4.99 Å². The van der Waals surface area contributed by atoms with Gasteiger partial charge in [0.2, 0.25) is 0 Å². The summed E-state index contributed by atoms with van der Waals surface area (Å²) in [7, 11) is 0. The van der Waals surface area contributed by atoms with Crippen LogP contribution < -0.4 is 5.32 Å². The van der Waals surface area contributed by atoms with Crippen molar-refractivity contribution in [2.24, 2.45) is 10.4 Å². The smallest absolute Gasteiger partial charge is 0.156 e. The van der Waals surface area contributed by atoms with E-state index in [4.69, 9.17) is 0 Å². The third kappa shape index (κ3) is 3.59. The molecule has 2 nitrogen and oxygen atoms in total. The van der Waals surface area contributed by atoms with Gasteiger partial charge in [-0.1, -0.05) is 25.6 Å². The predicted molar refractivity (Wildman–Crippen MR) is 72.0 cm³/mol. The molecule has 86 valence electrons. The van der Waals surface area contributed by atoms with Gasteiger partial charge in [0, 0.05) is 18.3 Å². The minimum Gasteiger partial charge on any atom is -0.362 e. The van der Waals surface area contributed by atoms with Crippen LogP contribution in [0.2, 0.25) is 0 Å². The van der Waals surface area contributed by atoms with Crippen molar-refractivity contribution in [3.05, 3.63) is 0 Å². The highest BCUT2D eigenvalue weighted by Crippen LogP contribution is 2.28. The van der Waals surface area contributed by atoms with E-state index < -0.39 is 0 Å². The Bertz CT molecular complexity index is 245. The summed E-state index contributed by atoms with van der Waals surface area (Å²) in [4.78, 5) is 4.64. The van der Waals surface area contributed by atoms with Crippen molar-refractivity contribution in [3.8, 4) is 0 Å². The molecule has 0 spiro atoms. The number of rotatable bonds is 1. The van der Waals surface area contributed by atoms with Gasteiger partial charge in [0.05, 0.1) is 0 Å². The van der Waals surface area contributed by atoms with Gasteiger partial charge in [0.15, 0.2) is 5.17 Å². The third-order valence-electron chi connectivity index (χ3n) is 2.80. The first-order chi connectivity index (χ1) is 7.16. The normalized spacial score (nSPS) is 27.2. The SMILES string of the molecule is CC1(C)CN=C(NC2CCSCC2)SC1. The highest BCUT2D eigenvalue weighted by Gasteiger charge is 2.24. The predicted octanol–water partition coefficient (Wildman–Crippen LogP) is 2.60. The van der Waals surface area contributed by atoms with Crippen molar-refractivity contribution >= 4 is 28.7 Å². The summed E-state index contributed by atoms with van der Waals surface area (Å²) in [6.45, 7) is 5.55. The fourth-order valence-electron chi connectivity index (χ4n) is 1.74. The third-order valence-corrected chi connectivity index (χ3v) is 5.29. The molecule has 0 amide bonds. The summed E-state index contributed by atoms with van der Waals surface area (Å²) in [6, 6.07) is 0.679. The first-order valence-electron chi connectivity index (χ1n) is 5.67. The van der Waals surface area contributed by atoms with E-state index in [1.807, 2.05) is 11.8 Å². The summed E-state index contributed by atoms with van der Waals surface area (Å²) >= 11 is 3.97. The molecule has 0 radical (unpaired) electrons. The second-order valence-corrected chi connectivity index (χ2v) is 7.29. The fraction of sp³-hybridized carbons (Fsp3) is 0.909. The first kappa shape index (κ1) is 11.6. The van der Waals surface area contributed by atoms with Crippen molar-refractivity contribution in [1.82, 2.24) is 5.32 Å². The molecule has 0 saturated carbocycles. The van der Waals surface area contributed by atoms with Crippen LogP contribution in [0.4, 0.5) is 0 Å². The fourth-order valence-corrected chi connectivity index (χ4v) is 3.88. The van der Waals surface area contributed by atoms with Gasteiger partial charge < -0.3 is 5.32 Å². The Morgan fingerprint density at radius 3 is 2.67 bits per heavy atom. The molecule has 1 saturated heterocycles. The maximum Gasteiger partial charge on any atom is 0.156 e. The monoisotopic (exact) mass is 244 g/mol. The van der Waals surface area contributed by atoms with Crippen LogP contribution in [-0.4, -0.2) is 35.0 Å². The van der Waals surface area contributed by atoms with Crippen molar-refractivity contribution in [2.45, 2.75) is 32.7 Å². The number of nitrogens with zero attached hydrogens (tertiary/aromatic N) is 1. The van der Waals surface area contributed by atoms with Crippen LogP contribution in [0.1, 0.15) is 26.7 Å². The summed E-state index contributed by atoms with van der Waals surface area (Å²) in [5, 5.41) is 4.78. The van der Waals surface area contributed by atoms with E-state index in [2.05, 4.69) is 35.9 Å². The second-order valence-electron chi connectivity index (χ2n) is 5.11. The van der Waals surface area contributed by atoms with Crippen molar-refractivity contribution < 1.29 is 0 Å². The number of hydrogen-bond acceptors (Lipinski definition) is 4. The Hall–Kier alpha value is 0.170. The minimum atomic E-state index is 0.387. The van der Waals surface area contributed by atoms with Crippen LogP contribution in [0.3, 0.4) is 0 Å². The lowest BCUT2D eigenvalue weighted by Gasteiger charge is -2.30. The zero-order chi connectivity index (χ0) is 10.7. The summed E-state index contributed by atoms with van der Waals surface area (Å²) in [5.74, 6) is 3.81. The summed E-state index contributed by atoms with van der Waals surface area (Å²) < 4.78 is 0. The average Bonchev–Trinajstić information content (AvgIpc) is 2.23. The van der Waals surface area contributed by atoms with Crippen molar-refractivity contribution in [2.75, 3.05) is 23.8 Å². The number of aliphatic imine (C=N–C) groups is 1. The summed E-state index contributed by atoms with van der Waals surface area (Å²) in [6.07, 6.45) is 2.60. The van der Waals surface area contributed by atoms with E-state index in [1.165, 1.54) is 35.3 Å². The molecule has 1 fully saturated rings. The lowest BCUT2D eigenvalue weighted by molar-refractivity contribution is 0.435. The molecule has 1 N–H and O–H groups in total. The zero-order valence-electron chi connectivity index (χ0n) is 9.58. The summed E-state index contributed by atoms with van der Waals surface area (Å²) in [5.41, 5.74) is 0.387. The van der Waals surface area contributed by atoms with Crippen LogP contribution in [0.15, 0.2) is 4.99 Å². The number of hydrogen-bond donors (Lipinski definition) is 1. The van der Waals surface area contributed by atoms with Gasteiger partial charge in [-0.05, 0) is 29.8 Å². The molecule has 0 aromatic rings. The molecule has 2 aliphatic heterocycles. The van der Waals surface area contributed by atoms with Crippen LogP contribution >= 0.6 is 23.5 Å². The van der Waals surface area contributed by atoms with E-state index in [-0.39, 0.29) is 0 Å². The number of nitrogens with one attached hydrogen (secondary N) is 1. The van der Waals surface area contributed by atoms with Crippen molar-refractivity contribution in [1.29, 1.82) is 0 Å². The molecule has 4 heteroatoms. The molecular formula is C11H20N2S2. The van der Waals surface area contributed by atoms with E-state index in [0.717, 1.165) is 6.54 Å². The molecule has 0 bridgehead atoms. The first-order valence-corrected chi connectivity index (χ1v) is 7.81. The zero-order valence-corrected chi connectivity index (χ0v) is 11.2. The lowest BCUT2D eigenvalue weighted by atomic mass is 9.97. The highest BCUT2D eigenvalue weighted by atomic mass is 32.2. The molecule has 0 aliphatic carbocycles. The van der Waals surface area contributed by atoms with Gasteiger partial charge in [-0.25, -0.2) is 0 Å². The molecule has 0 aromatic heterocycles. The van der Waals surface area contributed by atoms with E-state index in [0.29, 0.717) is 11.5 Å². The molecule has 2 aliphatic rings. The minimum absolute atomic E-state index is 0.387. The molecule has 0 unspecified atom stereocenters. The van der Waals surface area contributed by atoms with Gasteiger partial charge in [-0.2, -0.15) is 11.8 Å². The Morgan fingerprint density at radius 1 is 1.33 bits per heavy atom. The molecule has 2 rings (SSSR count). The Morgan fingerprint density at radius 2 is 2.07 bits per heavy atom. The standard InChI is InChI=1S/C11H20N2S2/c1-11(2)7-12-10(15-8-11)13-9-3-5-14-6-4-9/h9H,3-8H2,1-2H3,(H,12,13). The maximum absolute atomic E-state index is 4.64. The van der Waals surface area contributed by atoms with Crippen LogP contribution in [0.25, 0.3) is 0 Å². The topological polar surface area (TPSA) is 24.4 Å². The average molecular weight is 244 g/mol. The van der Waals surface area contributed by atoms with Crippen LogP contribution in [0.5, 0.6) is 0 Å². The van der Waals surface area contributed by atoms with E-state index in [9.17, 15) is 0 Å². The molecule has 15 heavy (non-hydrogen) atoms. The molecular weight excluding hydrogens is 224 g/mol. The van der Waals surface area contributed by atoms with Gasteiger partial charge in [-0.15, -0.1) is 0 Å². The number of amidine groups is 1. The highest BCUT2D eigenvalue weighted by molar-refractivity contribution is 8.13. The lowest BCUT2D eigenvalue weighted by Crippen LogP contribution is -2.39. The maximum atomic E-state index is 4.64. The van der Waals surface area contributed by atoms with Crippen molar-refractivity contribution in [3.63, 3.8) is 0 Å². The van der Waals surface area contributed by atoms with Gasteiger partial charge in [0.25, 0.3) is 0 Å². The van der Waals surface area contributed by atoms with Gasteiger partial charge in [0.1, 0.15) is 0 Å². The van der Waals surface area contributed by atoms with E-state index in [1.54, 1.807) is 0 Å². The Balaban J connectivity index is 1.82. The Labute approximate surface area is 101 Å². The van der Waals surface area contributed by atoms with Crippen LogP contribution in [0, 0.1) is 5.41 Å². The quantitative estimate of drug-likeness (QED) is 0.767. The second kappa shape index (κ2) is 5.00.